The molecule has 0 aromatic carbocycles. The smallest absolute Gasteiger partial charge is 0.192 e. The lowest BCUT2D eigenvalue weighted by Gasteiger charge is -2.48. The minimum absolute atomic E-state index is 0.00242. The van der Waals surface area contributed by atoms with Crippen molar-refractivity contribution in [2.45, 2.75) is 257 Å². The molecule has 2 aliphatic rings. The minimum Gasteiger partial charge on any atom is -0.417 e. The van der Waals surface area contributed by atoms with Crippen LogP contribution in [0.3, 0.4) is 0 Å². The van der Waals surface area contributed by atoms with Crippen LogP contribution < -0.4 is 0 Å². The molecule has 0 aromatic rings. The second kappa shape index (κ2) is 17.5. The van der Waals surface area contributed by atoms with E-state index >= 15 is 0 Å². The Kier molecular flexibility index (Phi) is 16.4. The van der Waals surface area contributed by atoms with Gasteiger partial charge in [-0.15, -0.1) is 0 Å². The van der Waals surface area contributed by atoms with E-state index in [1.165, 1.54) is 44.8 Å². The van der Waals surface area contributed by atoms with Gasteiger partial charge in [0.1, 0.15) is 6.71 Å². The fraction of sp³-hybridized carbons (Fsp3) is 1.00. The summed E-state index contributed by atoms with van der Waals surface area (Å²) in [4.78, 5) is 0. The molecular formula is C42H91BO4Si4. The molecule has 2 aliphatic heterocycles. The molecule has 302 valence electrons. The van der Waals surface area contributed by atoms with Crippen LogP contribution in [0.4, 0.5) is 0 Å². The first-order valence-corrected chi connectivity index (χ1v) is 33.0. The molecule has 0 spiro atoms. The maximum Gasteiger partial charge on any atom is 0.192 e. The Bertz CT molecular complexity index is 1040. The van der Waals surface area contributed by atoms with Crippen LogP contribution in [-0.2, 0) is 17.7 Å². The first kappa shape index (κ1) is 47.9. The van der Waals surface area contributed by atoms with E-state index in [9.17, 15) is 0 Å². The fourth-order valence-electron chi connectivity index (χ4n) is 7.50. The predicted molar refractivity (Wildman–Crippen MR) is 238 cm³/mol. The normalized spacial score (nSPS) is 22.9. The Morgan fingerprint density at radius 2 is 0.941 bits per heavy atom. The maximum absolute atomic E-state index is 7.68. The van der Waals surface area contributed by atoms with Crippen molar-refractivity contribution in [3.05, 3.63) is 0 Å². The first-order chi connectivity index (χ1) is 22.7. The molecule has 0 radical (unpaired) electrons. The number of hydrogen-bond acceptors (Lipinski definition) is 4. The van der Waals surface area contributed by atoms with Gasteiger partial charge in [-0.1, -0.05) is 146 Å². The molecule has 0 amide bonds. The topological polar surface area (TPSA) is 36.9 Å². The van der Waals surface area contributed by atoms with Gasteiger partial charge in [0.25, 0.3) is 0 Å². The highest BCUT2D eigenvalue weighted by molar-refractivity contribution is 6.75. The Balaban J connectivity index is 2.60. The predicted octanol–water partition coefficient (Wildman–Crippen LogP) is 14.6. The van der Waals surface area contributed by atoms with E-state index in [-0.39, 0.29) is 38.5 Å². The van der Waals surface area contributed by atoms with Crippen LogP contribution in [0, 0.1) is 5.92 Å². The van der Waals surface area contributed by atoms with Crippen molar-refractivity contribution in [1.82, 2.24) is 0 Å². The lowest BCUT2D eigenvalue weighted by atomic mass is 9.25. The maximum atomic E-state index is 7.68. The van der Waals surface area contributed by atoms with Gasteiger partial charge in [-0.3, -0.25) is 0 Å². The van der Waals surface area contributed by atoms with Crippen molar-refractivity contribution >= 4 is 40.0 Å². The molecule has 2 bridgehead atoms. The molecule has 4 nitrogen and oxygen atoms in total. The summed E-state index contributed by atoms with van der Waals surface area (Å²) in [5.41, 5.74) is 0. The van der Waals surface area contributed by atoms with Crippen LogP contribution in [0.1, 0.15) is 148 Å². The van der Waals surface area contributed by atoms with Crippen molar-refractivity contribution in [1.29, 1.82) is 0 Å². The van der Waals surface area contributed by atoms with Crippen LogP contribution in [0.5, 0.6) is 0 Å². The van der Waals surface area contributed by atoms with Gasteiger partial charge in [0, 0.05) is 12.7 Å². The largest absolute Gasteiger partial charge is 0.417 e. The Labute approximate surface area is 325 Å². The Morgan fingerprint density at radius 3 is 1.35 bits per heavy atom. The Morgan fingerprint density at radius 1 is 0.549 bits per heavy atom. The van der Waals surface area contributed by atoms with E-state index in [4.69, 9.17) is 17.7 Å². The van der Waals surface area contributed by atoms with Crippen LogP contribution in [0.25, 0.3) is 0 Å². The molecule has 0 unspecified atom stereocenters. The van der Waals surface area contributed by atoms with Gasteiger partial charge >= 0.3 is 0 Å². The third kappa shape index (κ3) is 13.2. The van der Waals surface area contributed by atoms with Gasteiger partial charge < -0.3 is 17.7 Å². The first-order valence-electron chi connectivity index (χ1n) is 21.4. The molecule has 0 N–H and O–H groups in total. The van der Waals surface area contributed by atoms with Gasteiger partial charge in [0.15, 0.2) is 33.3 Å². The van der Waals surface area contributed by atoms with E-state index in [1.54, 1.807) is 0 Å². The molecule has 0 aromatic heterocycles. The fourth-order valence-corrected chi connectivity index (χ4v) is 12.7. The zero-order chi connectivity index (χ0) is 39.6. The quantitative estimate of drug-likeness (QED) is 0.138. The van der Waals surface area contributed by atoms with Crippen LogP contribution in [0.15, 0.2) is 0 Å². The zero-order valence-corrected chi connectivity index (χ0v) is 42.5. The Hall–Kier alpha value is 0.772. The SMILES string of the molecule is C[C@@H](CCO[Si](C)(C)C(C)(C)C)[C@@H](O[Si](C)(C)C(C)(C)C)[C@H](C[C@H](CCB1C2CCCC1CCC2)O[Si](C)(C)C(C)(C)C)O[Si](C)(C)C(C)(C)C. The second-order valence-corrected chi connectivity index (χ2v) is 42.6. The monoisotopic (exact) mass is 783 g/mol. The molecular weight excluding hydrogens is 692 g/mol. The summed E-state index contributed by atoms with van der Waals surface area (Å²) in [5, 5.41) is 0.580. The second-order valence-electron chi connectivity index (χ2n) is 23.5. The van der Waals surface area contributed by atoms with Crippen LogP contribution >= 0.6 is 0 Å². The van der Waals surface area contributed by atoms with E-state index in [2.05, 4.69) is 142 Å². The van der Waals surface area contributed by atoms with Crippen molar-refractivity contribution < 1.29 is 17.7 Å². The highest BCUT2D eigenvalue weighted by atomic mass is 28.4. The van der Waals surface area contributed by atoms with Gasteiger partial charge in [-0.25, -0.2) is 0 Å². The number of fused-ring (bicyclic) bond motifs is 2. The summed E-state index contributed by atoms with van der Waals surface area (Å²) < 4.78 is 29.7. The average Bonchev–Trinajstić information content (AvgIpc) is 2.91. The molecule has 2 heterocycles. The highest BCUT2D eigenvalue weighted by Crippen LogP contribution is 2.49. The standard InChI is InChI=1S/C42H91BO4Si4/c1-33(29-31-44-48(14,15)39(2,3)4)38(47-51(20,21)42(11,12)13)37(46-50(18,19)41(8,9)10)32-36(45-49(16,17)40(5,6)7)28-30-43-34-24-22-25-35(43)27-23-26-34/h33-38H,22-32H2,1-21H3/t33-,34?,35?,36-,37-,38+/m0/s1. The zero-order valence-electron chi connectivity index (χ0n) is 38.5. The lowest BCUT2D eigenvalue weighted by molar-refractivity contribution is -0.0249. The molecule has 51 heavy (non-hydrogen) atoms. The number of rotatable bonds is 17. The average molecular weight is 783 g/mol. The highest BCUT2D eigenvalue weighted by Gasteiger charge is 2.48. The molecule has 0 aliphatic carbocycles. The van der Waals surface area contributed by atoms with Crippen molar-refractivity contribution in [2.75, 3.05) is 6.61 Å². The summed E-state index contributed by atoms with van der Waals surface area (Å²) in [6.07, 6.45) is 13.2. The summed E-state index contributed by atoms with van der Waals surface area (Å²) in [6.45, 7) is 52.1. The van der Waals surface area contributed by atoms with Crippen LogP contribution in [-0.4, -0.2) is 64.9 Å². The van der Waals surface area contributed by atoms with Crippen molar-refractivity contribution in [2.24, 2.45) is 5.92 Å². The van der Waals surface area contributed by atoms with Crippen molar-refractivity contribution in [3.63, 3.8) is 0 Å². The molecule has 2 saturated heterocycles. The molecule has 2 rings (SSSR count). The van der Waals surface area contributed by atoms with Crippen LogP contribution in [0.2, 0.25) is 90.5 Å². The number of hydrogen-bond donors (Lipinski definition) is 0. The summed E-state index contributed by atoms with van der Waals surface area (Å²) in [5.74, 6) is 2.17. The summed E-state index contributed by atoms with van der Waals surface area (Å²) in [7, 11) is -8.18. The molecule has 0 saturated carbocycles. The lowest BCUT2D eigenvalue weighted by Crippen LogP contribution is -2.55. The van der Waals surface area contributed by atoms with Gasteiger partial charge in [-0.05, 0) is 97.7 Å². The van der Waals surface area contributed by atoms with Gasteiger partial charge in [0.2, 0.25) is 0 Å². The van der Waals surface area contributed by atoms with Gasteiger partial charge in [-0.2, -0.15) is 0 Å². The van der Waals surface area contributed by atoms with E-state index in [0.29, 0.717) is 5.92 Å². The molecule has 9 heteroatoms. The van der Waals surface area contributed by atoms with E-state index in [1.807, 2.05) is 0 Å². The molecule has 2 fully saturated rings. The molecule has 4 atom stereocenters. The van der Waals surface area contributed by atoms with E-state index in [0.717, 1.165) is 44.2 Å². The summed E-state index contributed by atoms with van der Waals surface area (Å²) in [6, 6.07) is 0. The minimum atomic E-state index is -2.15. The van der Waals surface area contributed by atoms with Crippen molar-refractivity contribution in [3.8, 4) is 0 Å². The van der Waals surface area contributed by atoms with E-state index < -0.39 is 33.3 Å². The third-order valence-corrected chi connectivity index (χ3v) is 33.4. The third-order valence-electron chi connectivity index (χ3n) is 15.4. The summed E-state index contributed by atoms with van der Waals surface area (Å²) >= 11 is 0. The van der Waals surface area contributed by atoms with Gasteiger partial charge in [0.05, 0.1) is 12.2 Å².